The minimum atomic E-state index is -0.519. The van der Waals surface area contributed by atoms with Crippen LogP contribution in [0.3, 0.4) is 0 Å². The molecular weight excluding hydrogens is 473 g/mol. The highest BCUT2D eigenvalue weighted by Crippen LogP contribution is 2.35. The van der Waals surface area contributed by atoms with Gasteiger partial charge in [0, 0.05) is 33.6 Å². The van der Waals surface area contributed by atoms with E-state index in [1.54, 1.807) is 18.2 Å². The molecule has 0 bridgehead atoms. The minimum Gasteiger partial charge on any atom is -0.340 e. The van der Waals surface area contributed by atoms with Crippen LogP contribution < -0.4 is 5.32 Å². The van der Waals surface area contributed by atoms with Crippen molar-refractivity contribution in [3.63, 3.8) is 0 Å². The molecule has 0 saturated heterocycles. The number of amides is 1. The van der Waals surface area contributed by atoms with Crippen LogP contribution in [0.25, 0.3) is 17.0 Å². The number of aromatic nitrogens is 3. The first-order valence-corrected chi connectivity index (χ1v) is 12.9. The van der Waals surface area contributed by atoms with Crippen LogP contribution in [0.4, 0.5) is 9.52 Å². The van der Waals surface area contributed by atoms with Gasteiger partial charge in [-0.25, -0.2) is 4.39 Å². The van der Waals surface area contributed by atoms with E-state index in [-0.39, 0.29) is 11.4 Å². The van der Waals surface area contributed by atoms with Gasteiger partial charge in [0.1, 0.15) is 22.5 Å². The summed E-state index contributed by atoms with van der Waals surface area (Å²) in [5, 5.41) is 23.2. The van der Waals surface area contributed by atoms with E-state index in [0.29, 0.717) is 23.2 Å². The van der Waals surface area contributed by atoms with Gasteiger partial charge in [0.2, 0.25) is 5.13 Å². The zero-order valence-corrected chi connectivity index (χ0v) is 20.8. The first-order valence-electron chi connectivity index (χ1n) is 12.1. The van der Waals surface area contributed by atoms with Gasteiger partial charge in [0.05, 0.1) is 6.54 Å². The van der Waals surface area contributed by atoms with E-state index in [9.17, 15) is 14.4 Å². The molecule has 8 heteroatoms. The van der Waals surface area contributed by atoms with Gasteiger partial charge in [-0.3, -0.25) is 10.1 Å². The second-order valence-electron chi connectivity index (χ2n) is 9.10. The molecule has 2 aromatic heterocycles. The SMILES string of the molecule is Cc1c(/C=C(/C#N)C(=O)Nc2nnc(C3CCCCC3)s2)c2ccccc2n1Cc1ccccc1F. The zero-order valence-electron chi connectivity index (χ0n) is 20.0. The first kappa shape index (κ1) is 23.9. The molecule has 2 heterocycles. The molecule has 1 fully saturated rings. The van der Waals surface area contributed by atoms with E-state index in [2.05, 4.69) is 15.5 Å². The second-order valence-corrected chi connectivity index (χ2v) is 10.1. The first-order chi connectivity index (χ1) is 17.5. The lowest BCUT2D eigenvalue weighted by molar-refractivity contribution is -0.112. The van der Waals surface area contributed by atoms with Gasteiger partial charge in [-0.15, -0.1) is 10.2 Å². The maximum absolute atomic E-state index is 14.4. The molecule has 1 saturated carbocycles. The average Bonchev–Trinajstić information content (AvgIpc) is 3.47. The minimum absolute atomic E-state index is 0.0266. The summed E-state index contributed by atoms with van der Waals surface area (Å²) in [7, 11) is 0. The van der Waals surface area contributed by atoms with Crippen LogP contribution in [0.1, 0.15) is 59.9 Å². The lowest BCUT2D eigenvalue weighted by atomic mass is 9.90. The van der Waals surface area contributed by atoms with Crippen molar-refractivity contribution < 1.29 is 9.18 Å². The molecule has 0 spiro atoms. The molecule has 4 aromatic rings. The number of carbonyl (C=O) groups is 1. The fourth-order valence-corrected chi connectivity index (χ4v) is 5.81. The summed E-state index contributed by atoms with van der Waals surface area (Å²) < 4.78 is 16.4. The van der Waals surface area contributed by atoms with Crippen molar-refractivity contribution in [3.05, 3.63) is 81.7 Å². The van der Waals surface area contributed by atoms with E-state index in [4.69, 9.17) is 0 Å². The normalized spacial score (nSPS) is 14.6. The van der Waals surface area contributed by atoms with Gasteiger partial charge >= 0.3 is 0 Å². The quantitative estimate of drug-likeness (QED) is 0.240. The van der Waals surface area contributed by atoms with E-state index in [1.807, 2.05) is 47.9 Å². The largest absolute Gasteiger partial charge is 0.340 e. The molecule has 1 aliphatic carbocycles. The highest BCUT2D eigenvalue weighted by atomic mass is 32.1. The summed E-state index contributed by atoms with van der Waals surface area (Å²) >= 11 is 1.38. The van der Waals surface area contributed by atoms with Gasteiger partial charge in [-0.05, 0) is 38.0 Å². The van der Waals surface area contributed by atoms with Crippen molar-refractivity contribution in [2.75, 3.05) is 5.32 Å². The average molecular weight is 500 g/mol. The predicted octanol–water partition coefficient (Wildman–Crippen LogP) is 6.58. The number of halogens is 1. The standard InChI is InChI=1S/C28H26FN5OS/c1-18-23(22-12-6-8-14-25(22)34(18)17-20-11-5-7-13-24(20)29)15-21(16-30)26(35)31-28-33-32-27(36-28)19-9-3-2-4-10-19/h5-8,11-15,19H,2-4,9-10,17H2,1H3,(H,31,33,35)/b21-15-. The summed E-state index contributed by atoms with van der Waals surface area (Å²) in [6.45, 7) is 2.26. The molecule has 36 heavy (non-hydrogen) atoms. The van der Waals surface area contributed by atoms with E-state index in [1.165, 1.54) is 36.7 Å². The number of benzene rings is 2. The molecule has 0 unspecified atom stereocenters. The van der Waals surface area contributed by atoms with E-state index >= 15 is 0 Å². The maximum Gasteiger partial charge on any atom is 0.268 e. The van der Waals surface area contributed by atoms with Crippen molar-refractivity contribution in [3.8, 4) is 6.07 Å². The highest BCUT2D eigenvalue weighted by molar-refractivity contribution is 7.15. The zero-order chi connectivity index (χ0) is 25.1. The number of nitriles is 1. The topological polar surface area (TPSA) is 83.6 Å². The predicted molar refractivity (Wildman–Crippen MR) is 140 cm³/mol. The molecule has 6 nitrogen and oxygen atoms in total. The van der Waals surface area contributed by atoms with Gasteiger partial charge < -0.3 is 4.57 Å². The fourth-order valence-electron chi connectivity index (χ4n) is 4.90. The Labute approximate surface area is 213 Å². The molecule has 5 rings (SSSR count). The van der Waals surface area contributed by atoms with Crippen LogP contribution in [-0.4, -0.2) is 20.7 Å². The monoisotopic (exact) mass is 499 g/mol. The van der Waals surface area contributed by atoms with Crippen LogP contribution in [0.2, 0.25) is 0 Å². The summed E-state index contributed by atoms with van der Waals surface area (Å²) in [5.41, 5.74) is 3.05. The number of fused-ring (bicyclic) bond motifs is 1. The maximum atomic E-state index is 14.4. The Morgan fingerprint density at radius 3 is 2.69 bits per heavy atom. The summed E-state index contributed by atoms with van der Waals surface area (Å²) in [4.78, 5) is 13.0. The Morgan fingerprint density at radius 1 is 1.17 bits per heavy atom. The third-order valence-corrected chi connectivity index (χ3v) is 7.84. The Morgan fingerprint density at radius 2 is 1.92 bits per heavy atom. The molecule has 0 radical (unpaired) electrons. The third-order valence-electron chi connectivity index (χ3n) is 6.84. The number of carbonyl (C=O) groups excluding carboxylic acids is 1. The van der Waals surface area contributed by atoms with Gasteiger partial charge in [-0.2, -0.15) is 5.26 Å². The number of hydrogen-bond donors (Lipinski definition) is 1. The summed E-state index contributed by atoms with van der Waals surface area (Å²) in [6.07, 6.45) is 7.44. The number of anilines is 1. The van der Waals surface area contributed by atoms with Crippen LogP contribution in [-0.2, 0) is 11.3 Å². The van der Waals surface area contributed by atoms with Crippen molar-refractivity contribution in [1.82, 2.24) is 14.8 Å². The van der Waals surface area contributed by atoms with Gasteiger partial charge in [0.25, 0.3) is 5.91 Å². The molecule has 0 atom stereocenters. The van der Waals surface area contributed by atoms with Crippen molar-refractivity contribution in [2.24, 2.45) is 0 Å². The Bertz CT molecular complexity index is 1490. The lowest BCUT2D eigenvalue weighted by Gasteiger charge is -2.18. The Kier molecular flexibility index (Phi) is 6.92. The highest BCUT2D eigenvalue weighted by Gasteiger charge is 2.21. The summed E-state index contributed by atoms with van der Waals surface area (Å²) in [5.74, 6) is -0.390. The van der Waals surface area contributed by atoms with E-state index in [0.717, 1.165) is 40.0 Å². The van der Waals surface area contributed by atoms with Crippen LogP contribution in [0, 0.1) is 24.1 Å². The molecule has 1 N–H and O–H groups in total. The lowest BCUT2D eigenvalue weighted by Crippen LogP contribution is -2.13. The van der Waals surface area contributed by atoms with Crippen LogP contribution in [0.5, 0.6) is 0 Å². The number of hydrogen-bond acceptors (Lipinski definition) is 5. The summed E-state index contributed by atoms with van der Waals surface area (Å²) in [6, 6.07) is 16.5. The molecule has 182 valence electrons. The van der Waals surface area contributed by atoms with Gasteiger partial charge in [-0.1, -0.05) is 67.0 Å². The van der Waals surface area contributed by atoms with E-state index < -0.39 is 5.91 Å². The van der Waals surface area contributed by atoms with Gasteiger partial charge in [0.15, 0.2) is 0 Å². The second kappa shape index (κ2) is 10.4. The smallest absolute Gasteiger partial charge is 0.268 e. The van der Waals surface area contributed by atoms with Crippen molar-refractivity contribution in [2.45, 2.75) is 51.5 Å². The fraction of sp³-hybridized carbons (Fsp3) is 0.286. The molecular formula is C28H26FN5OS. The molecule has 1 amide bonds. The number of para-hydroxylation sites is 1. The number of nitrogens with zero attached hydrogens (tertiary/aromatic N) is 4. The Hall–Kier alpha value is -3.83. The number of nitrogens with one attached hydrogen (secondary N) is 1. The van der Waals surface area contributed by atoms with Crippen LogP contribution >= 0.6 is 11.3 Å². The van der Waals surface area contributed by atoms with Crippen LogP contribution in [0.15, 0.2) is 54.1 Å². The molecule has 1 aliphatic rings. The Balaban J connectivity index is 1.44. The molecule has 2 aromatic carbocycles. The van der Waals surface area contributed by atoms with Crippen molar-refractivity contribution in [1.29, 1.82) is 5.26 Å². The number of rotatable bonds is 6. The molecule has 0 aliphatic heterocycles. The van der Waals surface area contributed by atoms with Crippen molar-refractivity contribution >= 4 is 39.4 Å². The third kappa shape index (κ3) is 4.79.